The minimum atomic E-state index is 0.270. The number of amides is 1. The average Bonchev–Trinajstić information content (AvgIpc) is 3.19. The van der Waals surface area contributed by atoms with E-state index in [1.54, 1.807) is 11.3 Å². The van der Waals surface area contributed by atoms with E-state index in [1.165, 1.54) is 0 Å². The van der Waals surface area contributed by atoms with Gasteiger partial charge in [-0.25, -0.2) is 0 Å². The smallest absolute Gasteiger partial charge is 0.228 e. The van der Waals surface area contributed by atoms with E-state index in [1.807, 2.05) is 17.5 Å². The number of rotatable bonds is 3. The Morgan fingerprint density at radius 2 is 2.23 bits per heavy atom. The Bertz CT molecular complexity index is 678. The van der Waals surface area contributed by atoms with E-state index in [4.69, 9.17) is 0 Å². The van der Waals surface area contributed by atoms with E-state index in [2.05, 4.69) is 26.6 Å². The molecule has 0 radical (unpaired) electrons. The number of carbonyl (C=O) groups excluding carboxylic acids is 1. The highest BCUT2D eigenvalue weighted by atomic mass is 32.1. The number of thiophene rings is 1. The Balaban J connectivity index is 1.58. The lowest BCUT2D eigenvalue weighted by Crippen LogP contribution is -2.42. The van der Waals surface area contributed by atoms with Crippen LogP contribution in [0.3, 0.4) is 0 Å². The van der Waals surface area contributed by atoms with Crippen LogP contribution in [-0.2, 0) is 30.6 Å². The van der Waals surface area contributed by atoms with Crippen LogP contribution in [0.2, 0.25) is 0 Å². The number of hydrogen-bond acceptors (Lipinski definition) is 4. The molecule has 2 aromatic heterocycles. The molecule has 22 heavy (non-hydrogen) atoms. The third kappa shape index (κ3) is 2.26. The lowest BCUT2D eigenvalue weighted by atomic mass is 10.1. The summed E-state index contributed by atoms with van der Waals surface area (Å²) in [5.41, 5.74) is 0. The third-order valence-electron chi connectivity index (χ3n) is 4.85. The lowest BCUT2D eigenvalue weighted by Gasteiger charge is -2.28. The van der Waals surface area contributed by atoms with Crippen LogP contribution in [-0.4, -0.2) is 37.7 Å². The number of aromatic nitrogens is 3. The van der Waals surface area contributed by atoms with E-state index >= 15 is 0 Å². The summed E-state index contributed by atoms with van der Waals surface area (Å²) in [5.74, 6) is 2.37. The van der Waals surface area contributed by atoms with Crippen molar-refractivity contribution in [3.63, 3.8) is 0 Å². The second-order valence-corrected chi connectivity index (χ2v) is 7.18. The molecular formula is C16H20N4OS. The van der Waals surface area contributed by atoms with Crippen LogP contribution in [0.25, 0.3) is 0 Å². The normalized spacial score (nSPS) is 23.4. The van der Waals surface area contributed by atoms with E-state index in [9.17, 15) is 4.79 Å². The van der Waals surface area contributed by atoms with Crippen LogP contribution >= 0.6 is 11.3 Å². The van der Waals surface area contributed by atoms with Crippen molar-refractivity contribution >= 4 is 17.2 Å². The minimum absolute atomic E-state index is 0.270. The molecule has 1 saturated heterocycles. The Morgan fingerprint density at radius 1 is 1.36 bits per heavy atom. The largest absolute Gasteiger partial charge is 0.334 e. The zero-order valence-corrected chi connectivity index (χ0v) is 13.6. The molecule has 2 aliphatic rings. The summed E-state index contributed by atoms with van der Waals surface area (Å²) in [6, 6.07) is 4.67. The maximum Gasteiger partial charge on any atom is 0.228 e. The molecule has 2 bridgehead atoms. The predicted octanol–water partition coefficient (Wildman–Crippen LogP) is 2.06. The van der Waals surface area contributed by atoms with Crippen molar-refractivity contribution in [2.24, 2.45) is 0 Å². The molecule has 6 heteroatoms. The second kappa shape index (κ2) is 5.50. The number of hydrogen-bond donors (Lipinski definition) is 0. The SMILES string of the molecule is CCc1nnc2n1C[C@H]1CC[C@@H](C2)N1C(=O)Cc1cccs1. The molecule has 0 spiro atoms. The molecule has 1 amide bonds. The van der Waals surface area contributed by atoms with E-state index in [0.29, 0.717) is 18.5 Å². The van der Waals surface area contributed by atoms with Crippen LogP contribution in [0.1, 0.15) is 36.3 Å². The van der Waals surface area contributed by atoms with E-state index in [-0.39, 0.29) is 5.91 Å². The highest BCUT2D eigenvalue weighted by Crippen LogP contribution is 2.32. The fourth-order valence-corrected chi connectivity index (χ4v) is 4.51. The number of aryl methyl sites for hydroxylation is 1. The van der Waals surface area contributed by atoms with Gasteiger partial charge < -0.3 is 9.47 Å². The third-order valence-corrected chi connectivity index (χ3v) is 5.72. The van der Waals surface area contributed by atoms with Gasteiger partial charge in [0, 0.05) is 30.3 Å². The van der Waals surface area contributed by atoms with Crippen molar-refractivity contribution in [3.8, 4) is 0 Å². The molecular weight excluding hydrogens is 296 g/mol. The Kier molecular flexibility index (Phi) is 3.48. The standard InChI is InChI=1S/C16H20N4OS/c1-2-14-17-18-15-8-11-5-6-12(10-19(14)15)20(11)16(21)9-13-4-3-7-22-13/h3-4,7,11-12H,2,5-6,8-10H2,1H3/t11-,12+/m0/s1. The van der Waals surface area contributed by atoms with Gasteiger partial charge in [0.2, 0.25) is 5.91 Å². The maximum atomic E-state index is 12.8. The summed E-state index contributed by atoms with van der Waals surface area (Å²) in [7, 11) is 0. The highest BCUT2D eigenvalue weighted by molar-refractivity contribution is 7.10. The molecule has 2 aliphatic heterocycles. The van der Waals surface area contributed by atoms with Crippen LogP contribution in [0.4, 0.5) is 0 Å². The average molecular weight is 316 g/mol. The van der Waals surface area contributed by atoms with Gasteiger partial charge in [0.15, 0.2) is 0 Å². The first-order chi connectivity index (χ1) is 10.8. The van der Waals surface area contributed by atoms with Gasteiger partial charge in [0.05, 0.1) is 12.5 Å². The van der Waals surface area contributed by atoms with Gasteiger partial charge >= 0.3 is 0 Å². The van der Waals surface area contributed by atoms with Gasteiger partial charge in [-0.2, -0.15) is 0 Å². The lowest BCUT2D eigenvalue weighted by molar-refractivity contribution is -0.133. The molecule has 4 rings (SSSR count). The van der Waals surface area contributed by atoms with Gasteiger partial charge in [-0.3, -0.25) is 4.79 Å². The monoisotopic (exact) mass is 316 g/mol. The van der Waals surface area contributed by atoms with Crippen molar-refractivity contribution in [1.29, 1.82) is 0 Å². The number of fused-ring (bicyclic) bond motifs is 3. The van der Waals surface area contributed by atoms with Crippen molar-refractivity contribution in [3.05, 3.63) is 34.0 Å². The second-order valence-electron chi connectivity index (χ2n) is 6.14. The first-order valence-electron chi connectivity index (χ1n) is 8.00. The van der Waals surface area contributed by atoms with Crippen LogP contribution in [0.5, 0.6) is 0 Å². The zero-order valence-electron chi connectivity index (χ0n) is 12.7. The van der Waals surface area contributed by atoms with E-state index < -0.39 is 0 Å². The van der Waals surface area contributed by atoms with Crippen molar-refractivity contribution in [1.82, 2.24) is 19.7 Å². The van der Waals surface area contributed by atoms with Gasteiger partial charge in [-0.1, -0.05) is 13.0 Å². The van der Waals surface area contributed by atoms with Crippen LogP contribution < -0.4 is 0 Å². The van der Waals surface area contributed by atoms with Crippen molar-refractivity contribution in [2.75, 3.05) is 0 Å². The summed E-state index contributed by atoms with van der Waals surface area (Å²) in [4.78, 5) is 16.1. The summed E-state index contributed by atoms with van der Waals surface area (Å²) in [5, 5.41) is 10.7. The summed E-state index contributed by atoms with van der Waals surface area (Å²) in [6.45, 7) is 2.97. The Hall–Kier alpha value is -1.69. The first-order valence-corrected chi connectivity index (χ1v) is 8.88. The van der Waals surface area contributed by atoms with E-state index in [0.717, 1.165) is 48.8 Å². The van der Waals surface area contributed by atoms with Crippen LogP contribution in [0, 0.1) is 0 Å². The fourth-order valence-electron chi connectivity index (χ4n) is 3.82. The number of carbonyl (C=O) groups is 1. The summed E-state index contributed by atoms with van der Waals surface area (Å²) >= 11 is 1.66. The zero-order chi connectivity index (χ0) is 15.1. The van der Waals surface area contributed by atoms with Gasteiger partial charge in [-0.05, 0) is 24.3 Å². The van der Waals surface area contributed by atoms with Gasteiger partial charge in [-0.15, -0.1) is 21.5 Å². The molecule has 116 valence electrons. The first kappa shape index (κ1) is 13.9. The molecule has 0 saturated carbocycles. The maximum absolute atomic E-state index is 12.8. The Morgan fingerprint density at radius 3 is 3.00 bits per heavy atom. The minimum Gasteiger partial charge on any atom is -0.334 e. The topological polar surface area (TPSA) is 51.0 Å². The molecule has 5 nitrogen and oxygen atoms in total. The molecule has 0 aliphatic carbocycles. The molecule has 1 fully saturated rings. The van der Waals surface area contributed by atoms with Gasteiger partial charge in [0.1, 0.15) is 11.6 Å². The molecule has 4 heterocycles. The molecule has 0 aromatic carbocycles. The van der Waals surface area contributed by atoms with Crippen molar-refractivity contribution < 1.29 is 4.79 Å². The fraction of sp³-hybridized carbons (Fsp3) is 0.562. The molecule has 2 atom stereocenters. The predicted molar refractivity (Wildman–Crippen MR) is 84.8 cm³/mol. The molecule has 0 N–H and O–H groups in total. The highest BCUT2D eigenvalue weighted by Gasteiger charge is 2.40. The van der Waals surface area contributed by atoms with Crippen molar-refractivity contribution in [2.45, 2.75) is 57.7 Å². The summed E-state index contributed by atoms with van der Waals surface area (Å²) < 4.78 is 2.25. The number of nitrogens with zero attached hydrogens (tertiary/aromatic N) is 4. The Labute approximate surface area is 134 Å². The summed E-state index contributed by atoms with van der Waals surface area (Å²) in [6.07, 6.45) is 4.47. The molecule has 0 unspecified atom stereocenters. The van der Waals surface area contributed by atoms with Crippen LogP contribution in [0.15, 0.2) is 17.5 Å². The van der Waals surface area contributed by atoms with Gasteiger partial charge in [0.25, 0.3) is 0 Å². The quantitative estimate of drug-likeness (QED) is 0.871. The molecule has 2 aromatic rings.